The van der Waals surface area contributed by atoms with Gasteiger partial charge in [0.15, 0.2) is 0 Å². The molecule has 1 aliphatic rings. The summed E-state index contributed by atoms with van der Waals surface area (Å²) in [7, 11) is 0. The molecule has 0 spiro atoms. The Balaban J connectivity index is 2.13. The van der Waals surface area contributed by atoms with Crippen molar-refractivity contribution in [1.82, 2.24) is 9.38 Å². The monoisotopic (exact) mass is 309 g/mol. The standard InChI is InChI=1S/C13H16BrN3O/c1-8-10(14)2-3-11-16-12(13(15)17(8)11)9-4-6-18-7-5-9/h2-3,9H,4-7,15H2,1H3. The third kappa shape index (κ3) is 1.82. The Kier molecular flexibility index (Phi) is 3.03. The van der Waals surface area contributed by atoms with E-state index in [1.807, 2.05) is 23.5 Å². The van der Waals surface area contributed by atoms with Crippen LogP contribution in [0.2, 0.25) is 0 Å². The van der Waals surface area contributed by atoms with Crippen molar-refractivity contribution in [3.63, 3.8) is 0 Å². The molecule has 5 heteroatoms. The van der Waals surface area contributed by atoms with Crippen LogP contribution in [0.1, 0.15) is 30.1 Å². The average molecular weight is 310 g/mol. The molecule has 96 valence electrons. The number of imidazole rings is 1. The SMILES string of the molecule is Cc1c(Br)ccc2nc(C3CCOCC3)c(N)n12. The van der Waals surface area contributed by atoms with Crippen LogP contribution >= 0.6 is 15.9 Å². The van der Waals surface area contributed by atoms with Crippen molar-refractivity contribution in [2.24, 2.45) is 0 Å². The molecule has 3 heterocycles. The number of pyridine rings is 1. The van der Waals surface area contributed by atoms with Crippen LogP contribution < -0.4 is 5.73 Å². The minimum absolute atomic E-state index is 0.428. The Morgan fingerprint density at radius 3 is 2.83 bits per heavy atom. The van der Waals surface area contributed by atoms with Crippen molar-refractivity contribution >= 4 is 27.4 Å². The highest BCUT2D eigenvalue weighted by atomic mass is 79.9. The largest absolute Gasteiger partial charge is 0.383 e. The van der Waals surface area contributed by atoms with E-state index in [2.05, 4.69) is 15.9 Å². The third-order valence-corrected chi connectivity index (χ3v) is 4.47. The highest BCUT2D eigenvalue weighted by Gasteiger charge is 2.23. The minimum atomic E-state index is 0.428. The average Bonchev–Trinajstić information content (AvgIpc) is 2.73. The maximum absolute atomic E-state index is 6.28. The summed E-state index contributed by atoms with van der Waals surface area (Å²) in [6.45, 7) is 3.66. The summed E-state index contributed by atoms with van der Waals surface area (Å²) >= 11 is 3.53. The van der Waals surface area contributed by atoms with Gasteiger partial charge in [0.05, 0.1) is 5.69 Å². The van der Waals surface area contributed by atoms with Gasteiger partial charge in [-0.05, 0) is 47.8 Å². The van der Waals surface area contributed by atoms with Crippen molar-refractivity contribution in [3.8, 4) is 0 Å². The van der Waals surface area contributed by atoms with Crippen molar-refractivity contribution in [3.05, 3.63) is 28.0 Å². The fraction of sp³-hybridized carbons (Fsp3) is 0.462. The first-order valence-electron chi connectivity index (χ1n) is 6.19. The van der Waals surface area contributed by atoms with Gasteiger partial charge in [-0.3, -0.25) is 4.40 Å². The fourth-order valence-corrected chi connectivity index (χ4v) is 2.89. The molecule has 1 saturated heterocycles. The summed E-state index contributed by atoms with van der Waals surface area (Å²) in [4.78, 5) is 4.70. The van der Waals surface area contributed by atoms with E-state index in [1.165, 1.54) is 0 Å². The van der Waals surface area contributed by atoms with Gasteiger partial charge in [-0.15, -0.1) is 0 Å². The second-order valence-electron chi connectivity index (χ2n) is 4.73. The van der Waals surface area contributed by atoms with Crippen molar-refractivity contribution in [2.75, 3.05) is 18.9 Å². The molecule has 2 aromatic rings. The molecular formula is C13H16BrN3O. The molecule has 2 aromatic heterocycles. The predicted octanol–water partition coefficient (Wildman–Crippen LogP) is 2.88. The van der Waals surface area contributed by atoms with Gasteiger partial charge in [0, 0.05) is 29.3 Å². The molecule has 1 fully saturated rings. The van der Waals surface area contributed by atoms with Crippen LogP contribution in [-0.4, -0.2) is 22.6 Å². The number of nitrogen functional groups attached to an aromatic ring is 1. The van der Waals surface area contributed by atoms with E-state index < -0.39 is 0 Å². The molecule has 0 unspecified atom stereocenters. The van der Waals surface area contributed by atoms with Crippen LogP contribution in [0, 0.1) is 6.92 Å². The molecule has 4 nitrogen and oxygen atoms in total. The van der Waals surface area contributed by atoms with E-state index in [-0.39, 0.29) is 0 Å². The lowest BCUT2D eigenvalue weighted by Crippen LogP contribution is -2.15. The number of nitrogens with two attached hydrogens (primary N) is 1. The highest BCUT2D eigenvalue weighted by molar-refractivity contribution is 9.10. The number of rotatable bonds is 1. The summed E-state index contributed by atoms with van der Waals surface area (Å²) < 4.78 is 8.47. The number of hydrogen-bond donors (Lipinski definition) is 1. The Labute approximate surface area is 114 Å². The quantitative estimate of drug-likeness (QED) is 0.881. The van der Waals surface area contributed by atoms with Crippen LogP contribution in [0.3, 0.4) is 0 Å². The second-order valence-corrected chi connectivity index (χ2v) is 5.58. The molecule has 0 amide bonds. The van der Waals surface area contributed by atoms with Gasteiger partial charge in [-0.2, -0.15) is 0 Å². The molecule has 0 radical (unpaired) electrons. The Morgan fingerprint density at radius 2 is 2.11 bits per heavy atom. The molecule has 0 atom stereocenters. The minimum Gasteiger partial charge on any atom is -0.383 e. The highest BCUT2D eigenvalue weighted by Crippen LogP contribution is 2.32. The third-order valence-electron chi connectivity index (χ3n) is 3.64. The lowest BCUT2D eigenvalue weighted by atomic mass is 9.96. The van der Waals surface area contributed by atoms with E-state index in [0.717, 1.165) is 53.4 Å². The summed E-state index contributed by atoms with van der Waals surface area (Å²) in [5.74, 6) is 1.20. The lowest BCUT2D eigenvalue weighted by Gasteiger charge is -2.20. The zero-order chi connectivity index (χ0) is 12.7. The predicted molar refractivity (Wildman–Crippen MR) is 74.8 cm³/mol. The summed E-state index contributed by atoms with van der Waals surface area (Å²) in [5.41, 5.74) is 9.32. The summed E-state index contributed by atoms with van der Waals surface area (Å²) in [5, 5.41) is 0. The number of aryl methyl sites for hydroxylation is 1. The number of ether oxygens (including phenoxy) is 1. The maximum atomic E-state index is 6.28. The van der Waals surface area contributed by atoms with Gasteiger partial charge in [0.2, 0.25) is 0 Å². The fourth-order valence-electron chi connectivity index (χ4n) is 2.58. The van der Waals surface area contributed by atoms with Gasteiger partial charge in [0.25, 0.3) is 0 Å². The van der Waals surface area contributed by atoms with E-state index >= 15 is 0 Å². The van der Waals surface area contributed by atoms with E-state index in [1.54, 1.807) is 0 Å². The molecule has 0 saturated carbocycles. The number of nitrogens with zero attached hydrogens (tertiary/aromatic N) is 2. The molecule has 3 rings (SSSR count). The molecular weight excluding hydrogens is 294 g/mol. The first kappa shape index (κ1) is 12.0. The number of halogens is 1. The van der Waals surface area contributed by atoms with Crippen molar-refractivity contribution in [2.45, 2.75) is 25.7 Å². The number of hydrogen-bond acceptors (Lipinski definition) is 3. The van der Waals surface area contributed by atoms with Gasteiger partial charge in [0.1, 0.15) is 11.5 Å². The molecule has 0 aromatic carbocycles. The first-order chi connectivity index (χ1) is 8.68. The van der Waals surface area contributed by atoms with E-state index in [4.69, 9.17) is 15.5 Å². The van der Waals surface area contributed by atoms with Gasteiger partial charge >= 0.3 is 0 Å². The van der Waals surface area contributed by atoms with Gasteiger partial charge in [-0.1, -0.05) is 0 Å². The van der Waals surface area contributed by atoms with Crippen LogP contribution in [0.15, 0.2) is 16.6 Å². The van der Waals surface area contributed by atoms with E-state index in [9.17, 15) is 0 Å². The first-order valence-corrected chi connectivity index (χ1v) is 6.98. The smallest absolute Gasteiger partial charge is 0.138 e. The second kappa shape index (κ2) is 4.55. The summed E-state index contributed by atoms with van der Waals surface area (Å²) in [6, 6.07) is 4.02. The van der Waals surface area contributed by atoms with Crippen molar-refractivity contribution in [1.29, 1.82) is 0 Å². The number of anilines is 1. The molecule has 1 aliphatic heterocycles. The van der Waals surface area contributed by atoms with Crippen LogP contribution in [0.4, 0.5) is 5.82 Å². The zero-order valence-corrected chi connectivity index (χ0v) is 11.9. The van der Waals surface area contributed by atoms with Crippen LogP contribution in [0.5, 0.6) is 0 Å². The van der Waals surface area contributed by atoms with Crippen LogP contribution in [-0.2, 0) is 4.74 Å². The van der Waals surface area contributed by atoms with Gasteiger partial charge < -0.3 is 10.5 Å². The number of fused-ring (bicyclic) bond motifs is 1. The molecule has 0 aliphatic carbocycles. The molecule has 18 heavy (non-hydrogen) atoms. The van der Waals surface area contributed by atoms with Crippen LogP contribution in [0.25, 0.3) is 5.65 Å². The van der Waals surface area contributed by atoms with E-state index in [0.29, 0.717) is 5.92 Å². The molecule has 0 bridgehead atoms. The Morgan fingerprint density at radius 1 is 1.39 bits per heavy atom. The maximum Gasteiger partial charge on any atom is 0.138 e. The Hall–Kier alpha value is -1.07. The number of aromatic nitrogens is 2. The lowest BCUT2D eigenvalue weighted by molar-refractivity contribution is 0.0847. The Bertz CT molecular complexity index is 587. The van der Waals surface area contributed by atoms with Crippen molar-refractivity contribution < 1.29 is 4.74 Å². The topological polar surface area (TPSA) is 52.5 Å². The molecule has 2 N–H and O–H groups in total. The van der Waals surface area contributed by atoms with Gasteiger partial charge in [-0.25, -0.2) is 4.98 Å². The zero-order valence-electron chi connectivity index (χ0n) is 10.3. The summed E-state index contributed by atoms with van der Waals surface area (Å²) in [6.07, 6.45) is 2.02. The normalized spacial score (nSPS) is 17.4.